The highest BCUT2D eigenvalue weighted by Crippen LogP contribution is 2.22. The van der Waals surface area contributed by atoms with Crippen LogP contribution in [0.5, 0.6) is 0 Å². The largest absolute Gasteiger partial charge is 0.306 e. The van der Waals surface area contributed by atoms with Gasteiger partial charge in [-0.2, -0.15) is 5.10 Å². The van der Waals surface area contributed by atoms with Gasteiger partial charge in [0, 0.05) is 25.0 Å². The number of carbonyl (C=O) groups is 1. The molecule has 0 aliphatic carbocycles. The number of nitrogens with zero attached hydrogens (tertiary/aromatic N) is 4. The molecule has 18 heavy (non-hydrogen) atoms. The topological polar surface area (TPSA) is 52.2 Å². The summed E-state index contributed by atoms with van der Waals surface area (Å²) in [6.45, 7) is 2.00. The molecule has 0 amide bonds. The summed E-state index contributed by atoms with van der Waals surface area (Å²) in [4.78, 5) is 15.3. The lowest BCUT2D eigenvalue weighted by molar-refractivity contribution is 0.112. The lowest BCUT2D eigenvalue weighted by atomic mass is 10.2. The van der Waals surface area contributed by atoms with Gasteiger partial charge in [0.1, 0.15) is 11.3 Å². The molecular formula is C13H12N4O. The quantitative estimate of drug-likeness (QED) is 0.642. The third-order valence-corrected chi connectivity index (χ3v) is 2.97. The molecule has 0 spiro atoms. The van der Waals surface area contributed by atoms with Crippen LogP contribution in [0.4, 0.5) is 0 Å². The van der Waals surface area contributed by atoms with Gasteiger partial charge in [-0.15, -0.1) is 0 Å². The lowest BCUT2D eigenvalue weighted by Gasteiger charge is -1.97. The first-order chi connectivity index (χ1) is 8.69. The summed E-state index contributed by atoms with van der Waals surface area (Å²) in [5.74, 6) is 0. The standard InChI is InChI=1S/C13H12N4O/c1-9-5-14-16(2)13(9)11-7-17-6-10(8-18)3-4-12(17)15-11/h3-8H,1-2H3. The summed E-state index contributed by atoms with van der Waals surface area (Å²) < 4.78 is 3.66. The zero-order chi connectivity index (χ0) is 12.7. The molecule has 0 fully saturated rings. The Kier molecular flexibility index (Phi) is 2.26. The first kappa shape index (κ1) is 10.7. The Morgan fingerprint density at radius 3 is 2.78 bits per heavy atom. The minimum atomic E-state index is 0.633. The highest BCUT2D eigenvalue weighted by Gasteiger charge is 2.11. The maximum atomic E-state index is 10.7. The highest BCUT2D eigenvalue weighted by atomic mass is 16.1. The monoisotopic (exact) mass is 240 g/mol. The van der Waals surface area contributed by atoms with Crippen molar-refractivity contribution in [1.82, 2.24) is 19.2 Å². The van der Waals surface area contributed by atoms with Crippen molar-refractivity contribution < 1.29 is 4.79 Å². The van der Waals surface area contributed by atoms with Crippen molar-refractivity contribution in [2.75, 3.05) is 0 Å². The fourth-order valence-corrected chi connectivity index (χ4v) is 2.11. The van der Waals surface area contributed by atoms with Crippen LogP contribution in [0.1, 0.15) is 15.9 Å². The molecule has 0 aliphatic rings. The van der Waals surface area contributed by atoms with Crippen LogP contribution in [0.2, 0.25) is 0 Å². The van der Waals surface area contributed by atoms with Crippen LogP contribution in [0, 0.1) is 6.92 Å². The minimum absolute atomic E-state index is 0.633. The molecular weight excluding hydrogens is 228 g/mol. The van der Waals surface area contributed by atoms with Gasteiger partial charge in [-0.3, -0.25) is 9.48 Å². The molecule has 0 saturated carbocycles. The number of rotatable bonds is 2. The van der Waals surface area contributed by atoms with E-state index in [2.05, 4.69) is 10.1 Å². The second-order valence-electron chi connectivity index (χ2n) is 4.27. The lowest BCUT2D eigenvalue weighted by Crippen LogP contribution is -1.94. The molecule has 3 rings (SSSR count). The van der Waals surface area contributed by atoms with E-state index in [1.807, 2.05) is 36.8 Å². The van der Waals surface area contributed by atoms with Crippen molar-refractivity contribution in [2.45, 2.75) is 6.92 Å². The van der Waals surface area contributed by atoms with E-state index in [-0.39, 0.29) is 0 Å². The van der Waals surface area contributed by atoms with Gasteiger partial charge in [0.25, 0.3) is 0 Å². The number of hydrogen-bond donors (Lipinski definition) is 0. The molecule has 0 N–H and O–H groups in total. The third kappa shape index (κ3) is 1.52. The molecule has 3 heterocycles. The van der Waals surface area contributed by atoms with E-state index in [1.54, 1.807) is 16.9 Å². The summed E-state index contributed by atoms with van der Waals surface area (Å²) >= 11 is 0. The zero-order valence-corrected chi connectivity index (χ0v) is 10.2. The van der Waals surface area contributed by atoms with Gasteiger partial charge in [-0.1, -0.05) is 0 Å². The number of fused-ring (bicyclic) bond motifs is 1. The van der Waals surface area contributed by atoms with E-state index in [1.165, 1.54) is 0 Å². The minimum Gasteiger partial charge on any atom is -0.306 e. The Morgan fingerprint density at radius 1 is 1.28 bits per heavy atom. The second kappa shape index (κ2) is 3.80. The predicted molar refractivity (Wildman–Crippen MR) is 67.5 cm³/mol. The van der Waals surface area contributed by atoms with Crippen LogP contribution in [0.15, 0.2) is 30.7 Å². The highest BCUT2D eigenvalue weighted by molar-refractivity contribution is 5.75. The average molecular weight is 240 g/mol. The van der Waals surface area contributed by atoms with Gasteiger partial charge in [-0.25, -0.2) is 4.98 Å². The van der Waals surface area contributed by atoms with Gasteiger partial charge >= 0.3 is 0 Å². The number of imidazole rings is 1. The normalized spacial score (nSPS) is 11.0. The van der Waals surface area contributed by atoms with Crippen LogP contribution < -0.4 is 0 Å². The summed E-state index contributed by atoms with van der Waals surface area (Å²) in [6, 6.07) is 3.59. The first-order valence-electron chi connectivity index (χ1n) is 5.62. The molecule has 5 heteroatoms. The van der Waals surface area contributed by atoms with Crippen LogP contribution >= 0.6 is 0 Å². The van der Waals surface area contributed by atoms with Crippen molar-refractivity contribution in [1.29, 1.82) is 0 Å². The van der Waals surface area contributed by atoms with E-state index in [0.717, 1.165) is 28.9 Å². The fraction of sp³-hybridized carbons (Fsp3) is 0.154. The number of aldehydes is 1. The summed E-state index contributed by atoms with van der Waals surface area (Å²) in [5.41, 5.74) is 4.38. The molecule has 0 bridgehead atoms. The Hall–Kier alpha value is -2.43. The molecule has 3 aromatic heterocycles. The van der Waals surface area contributed by atoms with Gasteiger partial charge in [0.05, 0.1) is 11.9 Å². The molecule has 5 nitrogen and oxygen atoms in total. The van der Waals surface area contributed by atoms with Crippen molar-refractivity contribution in [3.8, 4) is 11.4 Å². The van der Waals surface area contributed by atoms with Crippen LogP contribution in [0.3, 0.4) is 0 Å². The van der Waals surface area contributed by atoms with Crippen molar-refractivity contribution in [3.05, 3.63) is 41.9 Å². The van der Waals surface area contributed by atoms with E-state index >= 15 is 0 Å². The maximum absolute atomic E-state index is 10.7. The third-order valence-electron chi connectivity index (χ3n) is 2.97. The fourth-order valence-electron chi connectivity index (χ4n) is 2.11. The molecule has 0 radical (unpaired) electrons. The summed E-state index contributed by atoms with van der Waals surface area (Å²) in [6.07, 6.45) is 6.32. The van der Waals surface area contributed by atoms with Gasteiger partial charge < -0.3 is 4.40 Å². The molecule has 0 unspecified atom stereocenters. The number of aromatic nitrogens is 4. The molecule has 0 saturated heterocycles. The number of carbonyl (C=O) groups excluding carboxylic acids is 1. The van der Waals surface area contributed by atoms with Crippen LogP contribution in [-0.2, 0) is 7.05 Å². The molecule has 0 atom stereocenters. The van der Waals surface area contributed by atoms with Gasteiger partial charge in [0.2, 0.25) is 0 Å². The van der Waals surface area contributed by atoms with Gasteiger partial charge in [0.15, 0.2) is 6.29 Å². The molecule has 90 valence electrons. The molecule has 3 aromatic rings. The Balaban J connectivity index is 2.22. The maximum Gasteiger partial charge on any atom is 0.151 e. The Morgan fingerprint density at radius 2 is 2.11 bits per heavy atom. The second-order valence-corrected chi connectivity index (χ2v) is 4.27. The van der Waals surface area contributed by atoms with Crippen molar-refractivity contribution in [3.63, 3.8) is 0 Å². The van der Waals surface area contributed by atoms with E-state index < -0.39 is 0 Å². The van der Waals surface area contributed by atoms with E-state index in [4.69, 9.17) is 0 Å². The molecule has 0 aromatic carbocycles. The SMILES string of the molecule is Cc1cnn(C)c1-c1cn2cc(C=O)ccc2n1. The number of aryl methyl sites for hydroxylation is 2. The first-order valence-corrected chi connectivity index (χ1v) is 5.62. The van der Waals surface area contributed by atoms with E-state index in [9.17, 15) is 4.79 Å². The summed E-state index contributed by atoms with van der Waals surface area (Å²) in [7, 11) is 1.89. The summed E-state index contributed by atoms with van der Waals surface area (Å²) in [5, 5.41) is 4.21. The Bertz CT molecular complexity index is 719. The predicted octanol–water partition coefficient (Wildman–Crippen LogP) is 1.86. The van der Waals surface area contributed by atoms with Crippen molar-refractivity contribution in [2.24, 2.45) is 7.05 Å². The van der Waals surface area contributed by atoms with Gasteiger partial charge in [-0.05, 0) is 24.6 Å². The average Bonchev–Trinajstić information content (AvgIpc) is 2.91. The van der Waals surface area contributed by atoms with E-state index in [0.29, 0.717) is 5.56 Å². The Labute approximate surface area is 104 Å². The van der Waals surface area contributed by atoms with Crippen molar-refractivity contribution >= 4 is 11.9 Å². The zero-order valence-electron chi connectivity index (χ0n) is 10.2. The molecule has 0 aliphatic heterocycles. The number of pyridine rings is 1. The van der Waals surface area contributed by atoms with Crippen LogP contribution in [0.25, 0.3) is 17.0 Å². The van der Waals surface area contributed by atoms with Crippen LogP contribution in [-0.4, -0.2) is 25.5 Å². The smallest absolute Gasteiger partial charge is 0.151 e. The number of hydrogen-bond acceptors (Lipinski definition) is 3.